The van der Waals surface area contributed by atoms with Gasteiger partial charge in [0.1, 0.15) is 16.8 Å². The highest BCUT2D eigenvalue weighted by atomic mass is 15.1. The van der Waals surface area contributed by atoms with Crippen LogP contribution in [0.1, 0.15) is 26.3 Å². The van der Waals surface area contributed by atoms with Crippen molar-refractivity contribution in [3.8, 4) is 0 Å². The van der Waals surface area contributed by atoms with Gasteiger partial charge in [-0.2, -0.15) is 0 Å². The van der Waals surface area contributed by atoms with E-state index in [1.807, 2.05) is 12.4 Å². The highest BCUT2D eigenvalue weighted by Gasteiger charge is 2.19. The standard InChI is InChI=1S/C23H20N4/c1-23(2,3)12-14-7-8-15-16-9-10-24-21-17-5-4-6-19-25-13-20(26(17)19)27(22(16)21)18(15)11-14/h4-11,13H,12H2,1-3H3. The van der Waals surface area contributed by atoms with Crippen LogP contribution in [0.25, 0.3) is 44.1 Å². The van der Waals surface area contributed by atoms with E-state index in [0.29, 0.717) is 0 Å². The molecule has 0 amide bonds. The SMILES string of the molecule is CC(C)(C)Cc1ccc2c3ccnc4c5cccc6ncc(n65)n(c2c1)c34. The van der Waals surface area contributed by atoms with Crippen LogP contribution in [0.3, 0.4) is 0 Å². The van der Waals surface area contributed by atoms with Crippen LogP contribution in [0.4, 0.5) is 0 Å². The maximum atomic E-state index is 4.75. The van der Waals surface area contributed by atoms with E-state index in [4.69, 9.17) is 4.98 Å². The fraction of sp³-hybridized carbons (Fsp3) is 0.217. The third kappa shape index (κ3) is 1.93. The van der Waals surface area contributed by atoms with Gasteiger partial charge in [0.25, 0.3) is 0 Å². The number of hydrogen-bond acceptors (Lipinski definition) is 2. The smallest absolute Gasteiger partial charge is 0.143 e. The van der Waals surface area contributed by atoms with E-state index in [2.05, 4.69) is 77.0 Å². The molecule has 0 spiro atoms. The fourth-order valence-electron chi connectivity index (χ4n) is 4.52. The minimum Gasteiger partial charge on any atom is -0.291 e. The number of nitrogens with zero attached hydrogens (tertiary/aromatic N) is 4. The molecule has 6 aromatic rings. The number of pyridine rings is 2. The second kappa shape index (κ2) is 4.77. The molecule has 0 bridgehead atoms. The van der Waals surface area contributed by atoms with Crippen molar-refractivity contribution in [2.24, 2.45) is 5.41 Å². The first-order chi connectivity index (χ1) is 13.0. The molecule has 6 rings (SSSR count). The van der Waals surface area contributed by atoms with Gasteiger partial charge in [-0.15, -0.1) is 0 Å². The number of hydrogen-bond donors (Lipinski definition) is 0. The van der Waals surface area contributed by atoms with Crippen molar-refractivity contribution in [3.63, 3.8) is 0 Å². The third-order valence-corrected chi connectivity index (χ3v) is 5.46. The average molecular weight is 352 g/mol. The molecule has 5 heterocycles. The van der Waals surface area contributed by atoms with Crippen LogP contribution in [0.2, 0.25) is 0 Å². The molecule has 0 aliphatic rings. The van der Waals surface area contributed by atoms with E-state index < -0.39 is 0 Å². The molecule has 4 heteroatoms. The summed E-state index contributed by atoms with van der Waals surface area (Å²) >= 11 is 0. The fourth-order valence-corrected chi connectivity index (χ4v) is 4.52. The van der Waals surface area contributed by atoms with Crippen molar-refractivity contribution >= 4 is 44.1 Å². The molecule has 0 fully saturated rings. The molecule has 0 aliphatic carbocycles. The van der Waals surface area contributed by atoms with Crippen LogP contribution >= 0.6 is 0 Å². The molecule has 27 heavy (non-hydrogen) atoms. The maximum absolute atomic E-state index is 4.75. The summed E-state index contributed by atoms with van der Waals surface area (Å²) in [5.41, 5.74) is 8.22. The Labute approximate surface area is 156 Å². The molecule has 1 aromatic carbocycles. The van der Waals surface area contributed by atoms with E-state index in [0.717, 1.165) is 28.7 Å². The number of imidazole rings is 1. The zero-order valence-electron chi connectivity index (χ0n) is 15.7. The maximum Gasteiger partial charge on any atom is 0.143 e. The molecule has 0 aliphatic heterocycles. The highest BCUT2D eigenvalue weighted by molar-refractivity contribution is 6.17. The monoisotopic (exact) mass is 352 g/mol. The molecule has 4 nitrogen and oxygen atoms in total. The second-order valence-electron chi connectivity index (χ2n) is 8.70. The topological polar surface area (TPSA) is 34.6 Å². The summed E-state index contributed by atoms with van der Waals surface area (Å²) in [6.45, 7) is 6.86. The van der Waals surface area contributed by atoms with Gasteiger partial charge in [0.15, 0.2) is 0 Å². The Morgan fingerprint density at radius 2 is 1.78 bits per heavy atom. The lowest BCUT2D eigenvalue weighted by Crippen LogP contribution is -2.09. The third-order valence-electron chi connectivity index (χ3n) is 5.46. The Balaban J connectivity index is 1.87. The average Bonchev–Trinajstić information content (AvgIpc) is 3.19. The number of fused-ring (bicyclic) bond motifs is 5. The van der Waals surface area contributed by atoms with Crippen molar-refractivity contribution in [1.29, 1.82) is 0 Å². The lowest BCUT2D eigenvalue weighted by atomic mass is 9.88. The molecule has 0 radical (unpaired) electrons. The molecule has 0 saturated carbocycles. The van der Waals surface area contributed by atoms with Crippen LogP contribution in [-0.2, 0) is 6.42 Å². The van der Waals surface area contributed by atoms with Gasteiger partial charge in [-0.3, -0.25) is 13.8 Å². The van der Waals surface area contributed by atoms with Gasteiger partial charge >= 0.3 is 0 Å². The summed E-state index contributed by atoms with van der Waals surface area (Å²) < 4.78 is 4.55. The van der Waals surface area contributed by atoms with E-state index in [1.54, 1.807) is 0 Å². The molecule has 5 aromatic heterocycles. The van der Waals surface area contributed by atoms with Gasteiger partial charge < -0.3 is 0 Å². The Morgan fingerprint density at radius 3 is 2.63 bits per heavy atom. The van der Waals surface area contributed by atoms with Crippen molar-refractivity contribution in [2.75, 3.05) is 0 Å². The van der Waals surface area contributed by atoms with E-state index in [1.165, 1.54) is 27.4 Å². The zero-order chi connectivity index (χ0) is 18.3. The Bertz CT molecular complexity index is 1480. The highest BCUT2D eigenvalue weighted by Crippen LogP contribution is 2.36. The van der Waals surface area contributed by atoms with Crippen molar-refractivity contribution < 1.29 is 0 Å². The summed E-state index contributed by atoms with van der Waals surface area (Å²) in [7, 11) is 0. The first-order valence-corrected chi connectivity index (χ1v) is 9.41. The van der Waals surface area contributed by atoms with Crippen molar-refractivity contribution in [3.05, 3.63) is 60.4 Å². The minimum atomic E-state index is 0.255. The zero-order valence-corrected chi connectivity index (χ0v) is 15.7. The number of rotatable bonds is 1. The molecule has 0 atom stereocenters. The van der Waals surface area contributed by atoms with Gasteiger partial charge in [0.05, 0.1) is 22.7 Å². The summed E-state index contributed by atoms with van der Waals surface area (Å²) in [6, 6.07) is 15.3. The summed E-state index contributed by atoms with van der Waals surface area (Å²) in [6.07, 6.45) is 4.95. The molecule has 132 valence electrons. The summed E-state index contributed by atoms with van der Waals surface area (Å²) in [5.74, 6) is 0. The van der Waals surface area contributed by atoms with Crippen LogP contribution in [0.5, 0.6) is 0 Å². The Hall–Kier alpha value is -3.14. The van der Waals surface area contributed by atoms with Crippen LogP contribution in [0.15, 0.2) is 54.9 Å². The summed E-state index contributed by atoms with van der Waals surface area (Å²) in [5, 5.41) is 2.52. The van der Waals surface area contributed by atoms with E-state index in [9.17, 15) is 0 Å². The predicted molar refractivity (Wildman–Crippen MR) is 111 cm³/mol. The summed E-state index contributed by atoms with van der Waals surface area (Å²) in [4.78, 5) is 9.39. The van der Waals surface area contributed by atoms with Crippen LogP contribution < -0.4 is 0 Å². The van der Waals surface area contributed by atoms with Gasteiger partial charge in [-0.25, -0.2) is 4.98 Å². The predicted octanol–water partition coefficient (Wildman–Crippen LogP) is 5.47. The van der Waals surface area contributed by atoms with Gasteiger partial charge in [0.2, 0.25) is 0 Å². The lowest BCUT2D eigenvalue weighted by Gasteiger charge is -2.18. The number of benzene rings is 1. The van der Waals surface area contributed by atoms with E-state index in [-0.39, 0.29) is 5.41 Å². The molecule has 0 N–H and O–H groups in total. The van der Waals surface area contributed by atoms with Crippen molar-refractivity contribution in [2.45, 2.75) is 27.2 Å². The Morgan fingerprint density at radius 1 is 0.889 bits per heavy atom. The van der Waals surface area contributed by atoms with Gasteiger partial charge in [0, 0.05) is 17.0 Å². The first-order valence-electron chi connectivity index (χ1n) is 9.41. The molecular weight excluding hydrogens is 332 g/mol. The largest absolute Gasteiger partial charge is 0.291 e. The van der Waals surface area contributed by atoms with Gasteiger partial charge in [-0.1, -0.05) is 39.0 Å². The second-order valence-corrected chi connectivity index (χ2v) is 8.70. The molecule has 0 unspecified atom stereocenters. The van der Waals surface area contributed by atoms with E-state index >= 15 is 0 Å². The normalized spacial score (nSPS) is 13.1. The first kappa shape index (κ1) is 15.0. The van der Waals surface area contributed by atoms with Gasteiger partial charge in [-0.05, 0) is 41.7 Å². The van der Waals surface area contributed by atoms with Crippen LogP contribution in [0, 0.1) is 5.41 Å². The lowest BCUT2D eigenvalue weighted by molar-refractivity contribution is 0.411. The molecular formula is C23H20N4. The van der Waals surface area contributed by atoms with Crippen LogP contribution in [-0.4, -0.2) is 18.8 Å². The minimum absolute atomic E-state index is 0.255. The van der Waals surface area contributed by atoms with Crippen molar-refractivity contribution in [1.82, 2.24) is 18.8 Å². The number of aromatic nitrogens is 4. The Kier molecular flexibility index (Phi) is 2.64. The quantitative estimate of drug-likeness (QED) is 0.368. The molecule has 0 saturated heterocycles.